The van der Waals surface area contributed by atoms with Crippen LogP contribution in [0.4, 0.5) is 5.69 Å². The molecule has 7 heteroatoms. The SMILES string of the molecule is O=C(Nc1ccc(S(=O)(=O)N2CCCCC2)cc1)c1ccc(I)cc1. The van der Waals surface area contributed by atoms with Crippen LogP contribution in [0.2, 0.25) is 0 Å². The number of rotatable bonds is 4. The number of carbonyl (C=O) groups is 1. The number of benzene rings is 2. The van der Waals surface area contributed by atoms with E-state index < -0.39 is 10.0 Å². The minimum absolute atomic E-state index is 0.219. The number of halogens is 1. The fraction of sp³-hybridized carbons (Fsp3) is 0.278. The molecule has 1 aliphatic rings. The van der Waals surface area contributed by atoms with Gasteiger partial charge in [-0.2, -0.15) is 4.31 Å². The van der Waals surface area contributed by atoms with Crippen molar-refractivity contribution in [3.8, 4) is 0 Å². The molecule has 0 unspecified atom stereocenters. The zero-order valence-corrected chi connectivity index (χ0v) is 16.6. The van der Waals surface area contributed by atoms with E-state index in [0.29, 0.717) is 24.3 Å². The van der Waals surface area contributed by atoms with Gasteiger partial charge in [-0.15, -0.1) is 0 Å². The molecule has 0 bridgehead atoms. The molecule has 1 fully saturated rings. The minimum Gasteiger partial charge on any atom is -0.322 e. The van der Waals surface area contributed by atoms with Gasteiger partial charge in [-0.3, -0.25) is 4.79 Å². The first-order valence-electron chi connectivity index (χ1n) is 8.14. The van der Waals surface area contributed by atoms with E-state index in [1.807, 2.05) is 12.1 Å². The number of amides is 1. The zero-order chi connectivity index (χ0) is 17.9. The standard InChI is InChI=1S/C18H19IN2O3S/c19-15-6-4-14(5-7-15)18(22)20-16-8-10-17(11-9-16)25(23,24)21-12-2-1-3-13-21/h4-11H,1-3,12-13H2,(H,20,22). The number of carbonyl (C=O) groups excluding carboxylic acids is 1. The van der Waals surface area contributed by atoms with Crippen molar-refractivity contribution < 1.29 is 13.2 Å². The molecule has 2 aromatic carbocycles. The molecule has 0 spiro atoms. The van der Waals surface area contributed by atoms with Gasteiger partial charge in [0, 0.05) is 27.9 Å². The van der Waals surface area contributed by atoms with Gasteiger partial charge in [-0.25, -0.2) is 8.42 Å². The van der Waals surface area contributed by atoms with Crippen LogP contribution in [0.25, 0.3) is 0 Å². The summed E-state index contributed by atoms with van der Waals surface area (Å²) >= 11 is 2.18. The van der Waals surface area contributed by atoms with E-state index in [1.54, 1.807) is 36.4 Å². The van der Waals surface area contributed by atoms with Crippen LogP contribution < -0.4 is 5.32 Å². The molecule has 0 aliphatic carbocycles. The number of hydrogen-bond donors (Lipinski definition) is 1. The van der Waals surface area contributed by atoms with Crippen molar-refractivity contribution in [3.05, 3.63) is 57.7 Å². The highest BCUT2D eigenvalue weighted by atomic mass is 127. The molecule has 25 heavy (non-hydrogen) atoms. The summed E-state index contributed by atoms with van der Waals surface area (Å²) in [4.78, 5) is 12.5. The van der Waals surface area contributed by atoms with Crippen molar-refractivity contribution in [2.45, 2.75) is 24.2 Å². The predicted molar refractivity (Wildman–Crippen MR) is 106 cm³/mol. The molecule has 1 aliphatic heterocycles. The summed E-state index contributed by atoms with van der Waals surface area (Å²) in [6.45, 7) is 1.15. The molecular weight excluding hydrogens is 451 g/mol. The fourth-order valence-electron chi connectivity index (χ4n) is 2.77. The van der Waals surface area contributed by atoms with Crippen LogP contribution in [0.15, 0.2) is 53.4 Å². The van der Waals surface area contributed by atoms with Gasteiger partial charge in [-0.05, 0) is 84.0 Å². The summed E-state index contributed by atoms with van der Waals surface area (Å²) in [5.74, 6) is -0.219. The number of anilines is 1. The highest BCUT2D eigenvalue weighted by Crippen LogP contribution is 2.22. The third-order valence-corrected chi connectivity index (χ3v) is 6.80. The van der Waals surface area contributed by atoms with Crippen molar-refractivity contribution in [3.63, 3.8) is 0 Å². The Morgan fingerprint density at radius 1 is 0.920 bits per heavy atom. The van der Waals surface area contributed by atoms with Crippen molar-refractivity contribution in [1.82, 2.24) is 4.31 Å². The number of piperidine rings is 1. The predicted octanol–water partition coefficient (Wildman–Crippen LogP) is 3.72. The van der Waals surface area contributed by atoms with Crippen LogP contribution in [-0.4, -0.2) is 31.7 Å². The molecule has 5 nitrogen and oxygen atoms in total. The molecule has 1 N–H and O–H groups in total. The zero-order valence-electron chi connectivity index (χ0n) is 13.6. The third-order valence-electron chi connectivity index (χ3n) is 4.17. The van der Waals surface area contributed by atoms with Gasteiger partial charge < -0.3 is 5.32 Å². The van der Waals surface area contributed by atoms with E-state index in [-0.39, 0.29) is 10.8 Å². The van der Waals surface area contributed by atoms with Gasteiger partial charge in [0.05, 0.1) is 4.90 Å². The first-order chi connectivity index (χ1) is 12.0. The smallest absolute Gasteiger partial charge is 0.255 e. The Bertz CT molecular complexity index is 843. The van der Waals surface area contributed by atoms with Gasteiger partial charge in [0.25, 0.3) is 5.91 Å². The second-order valence-corrected chi connectivity index (χ2v) is 9.13. The maximum Gasteiger partial charge on any atom is 0.255 e. The van der Waals surface area contributed by atoms with Crippen molar-refractivity contribution in [1.29, 1.82) is 0 Å². The highest BCUT2D eigenvalue weighted by molar-refractivity contribution is 14.1. The highest BCUT2D eigenvalue weighted by Gasteiger charge is 2.25. The topological polar surface area (TPSA) is 66.5 Å². The summed E-state index contributed by atoms with van der Waals surface area (Å²) in [7, 11) is -3.44. The second-order valence-electron chi connectivity index (χ2n) is 5.95. The van der Waals surface area contributed by atoms with E-state index in [9.17, 15) is 13.2 Å². The van der Waals surface area contributed by atoms with Gasteiger partial charge in [-0.1, -0.05) is 6.42 Å². The van der Waals surface area contributed by atoms with E-state index in [4.69, 9.17) is 0 Å². The molecule has 2 aromatic rings. The first kappa shape index (κ1) is 18.3. The van der Waals surface area contributed by atoms with Crippen LogP contribution in [0.1, 0.15) is 29.6 Å². The molecule has 0 atom stereocenters. The Labute approximate surface area is 161 Å². The average molecular weight is 470 g/mol. The number of nitrogens with zero attached hydrogens (tertiary/aromatic N) is 1. The van der Waals surface area contributed by atoms with Crippen LogP contribution in [-0.2, 0) is 10.0 Å². The van der Waals surface area contributed by atoms with Gasteiger partial charge in [0.2, 0.25) is 10.0 Å². The normalized spacial score (nSPS) is 15.7. The van der Waals surface area contributed by atoms with E-state index in [1.165, 1.54) is 4.31 Å². The lowest BCUT2D eigenvalue weighted by Crippen LogP contribution is -2.35. The van der Waals surface area contributed by atoms with Gasteiger partial charge >= 0.3 is 0 Å². The van der Waals surface area contributed by atoms with Crippen molar-refractivity contribution >= 4 is 44.2 Å². The minimum atomic E-state index is -3.44. The summed E-state index contributed by atoms with van der Waals surface area (Å²) in [5.41, 5.74) is 1.13. The number of nitrogens with one attached hydrogen (secondary N) is 1. The summed E-state index contributed by atoms with van der Waals surface area (Å²) in [5, 5.41) is 2.79. The molecule has 3 rings (SSSR count). The maximum absolute atomic E-state index is 12.6. The summed E-state index contributed by atoms with van der Waals surface area (Å²) < 4.78 is 27.8. The lowest BCUT2D eigenvalue weighted by molar-refractivity contribution is 0.102. The molecule has 132 valence electrons. The molecule has 0 aromatic heterocycles. The third kappa shape index (κ3) is 4.39. The first-order valence-corrected chi connectivity index (χ1v) is 10.7. The Morgan fingerprint density at radius 2 is 1.52 bits per heavy atom. The van der Waals surface area contributed by atoms with Crippen LogP contribution in [0, 0.1) is 3.57 Å². The van der Waals surface area contributed by atoms with Crippen LogP contribution >= 0.6 is 22.6 Å². The van der Waals surface area contributed by atoms with E-state index in [0.717, 1.165) is 22.8 Å². The molecule has 1 heterocycles. The van der Waals surface area contributed by atoms with Crippen molar-refractivity contribution in [2.75, 3.05) is 18.4 Å². The quantitative estimate of drug-likeness (QED) is 0.693. The molecule has 0 radical (unpaired) electrons. The van der Waals surface area contributed by atoms with E-state index in [2.05, 4.69) is 27.9 Å². The molecular formula is C18H19IN2O3S. The summed E-state index contributed by atoms with van der Waals surface area (Å²) in [6.07, 6.45) is 2.89. The molecule has 0 saturated carbocycles. The largest absolute Gasteiger partial charge is 0.322 e. The Morgan fingerprint density at radius 3 is 2.12 bits per heavy atom. The van der Waals surface area contributed by atoms with Gasteiger partial charge in [0.1, 0.15) is 0 Å². The molecule has 1 amide bonds. The Balaban J connectivity index is 1.71. The maximum atomic E-state index is 12.6. The lowest BCUT2D eigenvalue weighted by Gasteiger charge is -2.25. The number of sulfonamides is 1. The van der Waals surface area contributed by atoms with Gasteiger partial charge in [0.15, 0.2) is 0 Å². The Hall–Kier alpha value is -1.45. The fourth-order valence-corrected chi connectivity index (χ4v) is 4.65. The summed E-state index contributed by atoms with van der Waals surface area (Å²) in [6, 6.07) is 13.6. The molecule has 1 saturated heterocycles. The van der Waals surface area contributed by atoms with Crippen molar-refractivity contribution in [2.24, 2.45) is 0 Å². The number of hydrogen-bond acceptors (Lipinski definition) is 3. The van der Waals surface area contributed by atoms with Crippen LogP contribution in [0.5, 0.6) is 0 Å². The van der Waals surface area contributed by atoms with E-state index >= 15 is 0 Å². The lowest BCUT2D eigenvalue weighted by atomic mass is 10.2. The van der Waals surface area contributed by atoms with Crippen LogP contribution in [0.3, 0.4) is 0 Å². The second kappa shape index (κ2) is 7.84. The Kier molecular flexibility index (Phi) is 5.75. The monoisotopic (exact) mass is 470 g/mol. The average Bonchev–Trinajstić information content (AvgIpc) is 2.63.